The molecule has 0 unspecified atom stereocenters. The molecule has 0 radical (unpaired) electrons. The number of carbonyl (C=O) groups is 1. The Morgan fingerprint density at radius 2 is 1.85 bits per heavy atom. The van der Waals surface area contributed by atoms with Crippen molar-refractivity contribution in [1.29, 1.82) is 0 Å². The van der Waals surface area contributed by atoms with E-state index in [1.54, 1.807) is 12.1 Å². The molecule has 0 bridgehead atoms. The number of anilines is 1. The Balaban J connectivity index is 1.65. The smallest absolute Gasteiger partial charge is 0.335 e. The quantitative estimate of drug-likeness (QED) is 0.368. The molecule has 0 spiro atoms. The highest BCUT2D eigenvalue weighted by Crippen LogP contribution is 2.42. The Morgan fingerprint density at radius 3 is 2.56 bits per heavy atom. The lowest BCUT2D eigenvalue weighted by Gasteiger charge is -2.39. The molecule has 2 aliphatic heterocycles. The van der Waals surface area contributed by atoms with Crippen LogP contribution in [0.15, 0.2) is 70.4 Å². The molecule has 204 valence electrons. The first-order valence-electron chi connectivity index (χ1n) is 13.9. The number of aromatic carboxylic acids is 1. The number of aryl methyl sites for hydroxylation is 1. The van der Waals surface area contributed by atoms with Crippen molar-refractivity contribution in [1.82, 2.24) is 0 Å². The van der Waals surface area contributed by atoms with E-state index in [1.807, 2.05) is 13.0 Å². The van der Waals surface area contributed by atoms with E-state index in [0.29, 0.717) is 18.7 Å². The Hall–Kier alpha value is -3.26. The van der Waals surface area contributed by atoms with Gasteiger partial charge in [-0.25, -0.2) is 4.79 Å². The fourth-order valence-corrected chi connectivity index (χ4v) is 8.87. The molecule has 2 heterocycles. The van der Waals surface area contributed by atoms with E-state index in [9.17, 15) is 9.90 Å². The molecule has 2 aromatic rings. The standard InChI is InChI=1S/C32H38N2O4Si/c1-5-15-37-16-12-33-24-7-10-27-29(20-24)39(3,4)30-21-25(34-13-17-38-18-14-34)8-11-28(30)31(27)26-9-6-23(32(35)36)19-22(26)2/h6-11,19-21H,5,12-18H2,1-4H3,(H,35,36). The van der Waals surface area contributed by atoms with Gasteiger partial charge in [0.15, 0.2) is 0 Å². The van der Waals surface area contributed by atoms with E-state index in [0.717, 1.165) is 56.2 Å². The van der Waals surface area contributed by atoms with E-state index < -0.39 is 14.0 Å². The topological polar surface area (TPSA) is 71.4 Å². The van der Waals surface area contributed by atoms with Crippen molar-refractivity contribution in [3.05, 3.63) is 87.6 Å². The highest BCUT2D eigenvalue weighted by atomic mass is 28.3. The van der Waals surface area contributed by atoms with E-state index in [-0.39, 0.29) is 0 Å². The number of allylic oxidation sites excluding steroid dienone is 5. The van der Waals surface area contributed by atoms with Gasteiger partial charge in [0.05, 0.1) is 37.6 Å². The fraction of sp³-hybridized carbons (Fsp3) is 0.375. The van der Waals surface area contributed by atoms with Gasteiger partial charge in [0.1, 0.15) is 8.07 Å². The Kier molecular flexibility index (Phi) is 8.02. The molecule has 1 fully saturated rings. The third kappa shape index (κ3) is 5.44. The molecule has 0 aromatic heterocycles. The minimum atomic E-state index is -2.10. The lowest BCUT2D eigenvalue weighted by Crippen LogP contribution is -2.50. The van der Waals surface area contributed by atoms with Crippen molar-refractivity contribution in [3.63, 3.8) is 0 Å². The Bertz CT molecular complexity index is 1400. The maximum Gasteiger partial charge on any atom is 0.335 e. The summed E-state index contributed by atoms with van der Waals surface area (Å²) in [6.07, 6.45) is 7.62. The number of nitrogens with zero attached hydrogens (tertiary/aromatic N) is 2. The third-order valence-electron chi connectivity index (χ3n) is 7.89. The molecule has 0 amide bonds. The monoisotopic (exact) mass is 542 g/mol. The number of morpholine rings is 1. The van der Waals surface area contributed by atoms with Crippen molar-refractivity contribution in [3.8, 4) is 0 Å². The van der Waals surface area contributed by atoms with Crippen LogP contribution in [0.25, 0.3) is 5.57 Å². The van der Waals surface area contributed by atoms with E-state index >= 15 is 0 Å². The van der Waals surface area contributed by atoms with Gasteiger partial charge in [-0.05, 0) is 88.0 Å². The zero-order valence-corrected chi connectivity index (χ0v) is 24.4. The summed E-state index contributed by atoms with van der Waals surface area (Å²) in [6.45, 7) is 14.3. The first-order chi connectivity index (χ1) is 18.8. The first kappa shape index (κ1) is 27.3. The summed E-state index contributed by atoms with van der Waals surface area (Å²) in [5.74, 6) is -0.906. The van der Waals surface area contributed by atoms with Crippen LogP contribution in [-0.2, 0) is 9.47 Å². The lowest BCUT2D eigenvalue weighted by atomic mass is 9.87. The number of carboxylic acids is 1. The SMILES string of the molecule is CCCOCCN=C1C=CC2=C(c3ccc(C(=O)O)cc3C)c3ccc(N4CCOCC4)cc3[Si](C)(C)C2=C1. The van der Waals surface area contributed by atoms with Crippen molar-refractivity contribution in [2.24, 2.45) is 4.99 Å². The van der Waals surface area contributed by atoms with Gasteiger partial charge in [0.25, 0.3) is 0 Å². The van der Waals surface area contributed by atoms with Gasteiger partial charge in [0.2, 0.25) is 0 Å². The summed E-state index contributed by atoms with van der Waals surface area (Å²) in [7, 11) is -2.10. The number of hydrogen-bond acceptors (Lipinski definition) is 5. The van der Waals surface area contributed by atoms with Crippen LogP contribution in [0.4, 0.5) is 5.69 Å². The predicted molar refractivity (Wildman–Crippen MR) is 161 cm³/mol. The maximum atomic E-state index is 11.7. The summed E-state index contributed by atoms with van der Waals surface area (Å²) < 4.78 is 11.2. The molecule has 7 heteroatoms. The van der Waals surface area contributed by atoms with Crippen molar-refractivity contribution in [2.45, 2.75) is 33.4 Å². The number of ether oxygens (including phenoxy) is 2. The second-order valence-corrected chi connectivity index (χ2v) is 15.2. The molecule has 39 heavy (non-hydrogen) atoms. The molecule has 0 saturated carbocycles. The number of rotatable bonds is 8. The summed E-state index contributed by atoms with van der Waals surface area (Å²) in [5, 5.41) is 12.3. The molecule has 1 saturated heterocycles. The fourth-order valence-electron chi connectivity index (χ4n) is 5.79. The van der Waals surface area contributed by atoms with E-state index in [1.165, 1.54) is 32.8 Å². The number of fused-ring (bicyclic) bond motifs is 2. The maximum absolute atomic E-state index is 11.7. The first-order valence-corrected chi connectivity index (χ1v) is 16.9. The van der Waals surface area contributed by atoms with Gasteiger partial charge >= 0.3 is 5.97 Å². The Labute approximate surface area is 232 Å². The molecule has 1 N–H and O–H groups in total. The van der Waals surface area contributed by atoms with Crippen LogP contribution in [0.2, 0.25) is 13.1 Å². The molecule has 2 aromatic carbocycles. The van der Waals surface area contributed by atoms with Gasteiger partial charge in [-0.2, -0.15) is 0 Å². The Morgan fingerprint density at radius 1 is 1.08 bits per heavy atom. The average molecular weight is 543 g/mol. The minimum absolute atomic E-state index is 0.310. The van der Waals surface area contributed by atoms with Crippen LogP contribution in [0, 0.1) is 6.92 Å². The van der Waals surface area contributed by atoms with Gasteiger partial charge in [0, 0.05) is 25.4 Å². The average Bonchev–Trinajstić information content (AvgIpc) is 2.94. The summed E-state index contributed by atoms with van der Waals surface area (Å²) >= 11 is 0. The summed E-state index contributed by atoms with van der Waals surface area (Å²) in [6, 6.07) is 12.4. The third-order valence-corrected chi connectivity index (χ3v) is 11.4. The number of benzene rings is 2. The molecular formula is C32H38N2O4Si. The second kappa shape index (κ2) is 11.5. The van der Waals surface area contributed by atoms with Crippen LogP contribution in [0.3, 0.4) is 0 Å². The van der Waals surface area contributed by atoms with Crippen LogP contribution in [-0.4, -0.2) is 70.9 Å². The molecule has 1 aliphatic carbocycles. The molecule has 5 rings (SSSR count). The van der Waals surface area contributed by atoms with Crippen LogP contribution >= 0.6 is 0 Å². The molecule has 0 atom stereocenters. The zero-order valence-electron chi connectivity index (χ0n) is 23.4. The normalized spacial score (nSPS) is 19.1. The molecule has 3 aliphatic rings. The minimum Gasteiger partial charge on any atom is -0.478 e. The van der Waals surface area contributed by atoms with Gasteiger partial charge < -0.3 is 19.5 Å². The highest BCUT2D eigenvalue weighted by Gasteiger charge is 2.40. The zero-order chi connectivity index (χ0) is 27.6. The number of aliphatic imine (C=N–C) groups is 1. The number of hydrogen-bond donors (Lipinski definition) is 1. The van der Waals surface area contributed by atoms with Crippen LogP contribution < -0.4 is 10.1 Å². The largest absolute Gasteiger partial charge is 0.478 e. The second-order valence-electron chi connectivity index (χ2n) is 10.9. The highest BCUT2D eigenvalue weighted by molar-refractivity contribution is 6.98. The summed E-state index contributed by atoms with van der Waals surface area (Å²) in [5.41, 5.74) is 8.22. The van der Waals surface area contributed by atoms with Crippen LogP contribution in [0.1, 0.15) is 40.4 Å². The molecule has 6 nitrogen and oxygen atoms in total. The van der Waals surface area contributed by atoms with Crippen molar-refractivity contribution in [2.75, 3.05) is 51.0 Å². The van der Waals surface area contributed by atoms with Crippen LogP contribution in [0.5, 0.6) is 0 Å². The van der Waals surface area contributed by atoms with E-state index in [4.69, 9.17) is 14.5 Å². The van der Waals surface area contributed by atoms with Gasteiger partial charge in [-0.1, -0.05) is 38.2 Å². The summed E-state index contributed by atoms with van der Waals surface area (Å²) in [4.78, 5) is 18.9. The van der Waals surface area contributed by atoms with Gasteiger partial charge in [-0.15, -0.1) is 0 Å². The van der Waals surface area contributed by atoms with Crippen molar-refractivity contribution < 1.29 is 19.4 Å². The van der Waals surface area contributed by atoms with Gasteiger partial charge in [-0.3, -0.25) is 4.99 Å². The predicted octanol–water partition coefficient (Wildman–Crippen LogP) is 5.16. The van der Waals surface area contributed by atoms with E-state index in [2.05, 4.69) is 61.3 Å². The molecular weight excluding hydrogens is 504 g/mol. The van der Waals surface area contributed by atoms with Crippen molar-refractivity contribution >= 4 is 36.2 Å². The number of carboxylic acid groups (broad SMARTS) is 1. The lowest BCUT2D eigenvalue weighted by molar-refractivity contribution is 0.0696.